The zero-order chi connectivity index (χ0) is 7.56. The molecule has 0 saturated carbocycles. The first-order valence-electron chi connectivity index (χ1n) is 3.76. The van der Waals surface area contributed by atoms with Crippen LogP contribution in [0.5, 0.6) is 0 Å². The Labute approximate surface area is 61.0 Å². The topological polar surface area (TPSA) is 55.1 Å². The van der Waals surface area contributed by atoms with E-state index >= 15 is 0 Å². The lowest BCUT2D eigenvalue weighted by Crippen LogP contribution is -2.30. The summed E-state index contributed by atoms with van der Waals surface area (Å²) in [6.45, 7) is 2.82. The Morgan fingerprint density at radius 1 is 1.90 bits per heavy atom. The molecule has 0 aromatic heterocycles. The fourth-order valence-electron chi connectivity index (χ4n) is 1.26. The van der Waals surface area contributed by atoms with Gasteiger partial charge in [-0.25, -0.2) is 0 Å². The molecular formula is C7H14N2O. The van der Waals surface area contributed by atoms with E-state index in [1.54, 1.807) is 0 Å². The van der Waals surface area contributed by atoms with E-state index in [1.807, 2.05) is 6.92 Å². The van der Waals surface area contributed by atoms with Crippen LogP contribution >= 0.6 is 0 Å². The van der Waals surface area contributed by atoms with Crippen molar-refractivity contribution >= 4 is 5.91 Å². The third kappa shape index (κ3) is 1.48. The molecule has 0 aromatic rings. The molecule has 0 spiro atoms. The molecule has 1 amide bonds. The van der Waals surface area contributed by atoms with Crippen LogP contribution in [0, 0.1) is 5.92 Å². The fourth-order valence-corrected chi connectivity index (χ4v) is 1.26. The highest BCUT2D eigenvalue weighted by Gasteiger charge is 2.25. The van der Waals surface area contributed by atoms with Crippen LogP contribution in [0.3, 0.4) is 0 Å². The Morgan fingerprint density at radius 2 is 2.60 bits per heavy atom. The van der Waals surface area contributed by atoms with Crippen molar-refractivity contribution in [3.63, 3.8) is 0 Å². The van der Waals surface area contributed by atoms with Crippen LogP contribution in [-0.4, -0.2) is 18.5 Å². The monoisotopic (exact) mass is 142 g/mol. The van der Waals surface area contributed by atoms with Crippen molar-refractivity contribution in [1.29, 1.82) is 0 Å². The highest BCUT2D eigenvalue weighted by molar-refractivity contribution is 5.78. The van der Waals surface area contributed by atoms with Crippen molar-refractivity contribution in [1.82, 2.24) is 5.32 Å². The molecule has 3 heteroatoms. The van der Waals surface area contributed by atoms with Crippen LogP contribution in [0.4, 0.5) is 0 Å². The fraction of sp³-hybridized carbons (Fsp3) is 0.857. The standard InChI is InChI=1S/C7H14N2O/c1-2-6(8)5-3-7(10)9-4-5/h5-6H,2-4,8H2,1H3,(H,9,10). The number of hydrogen-bond donors (Lipinski definition) is 2. The van der Waals surface area contributed by atoms with Crippen LogP contribution < -0.4 is 11.1 Å². The molecule has 3 nitrogen and oxygen atoms in total. The molecule has 3 N–H and O–H groups in total. The van der Waals surface area contributed by atoms with Crippen molar-refractivity contribution in [2.75, 3.05) is 6.54 Å². The Bertz CT molecular complexity index is 136. The molecule has 2 unspecified atom stereocenters. The quantitative estimate of drug-likeness (QED) is 0.564. The van der Waals surface area contributed by atoms with E-state index in [0.29, 0.717) is 12.3 Å². The average Bonchev–Trinajstić information content (AvgIpc) is 2.34. The minimum absolute atomic E-state index is 0.147. The van der Waals surface area contributed by atoms with Gasteiger partial charge in [0, 0.05) is 24.9 Å². The lowest BCUT2D eigenvalue weighted by Gasteiger charge is -2.13. The van der Waals surface area contributed by atoms with Gasteiger partial charge in [0.2, 0.25) is 5.91 Å². The van der Waals surface area contributed by atoms with Gasteiger partial charge < -0.3 is 11.1 Å². The molecule has 0 aromatic carbocycles. The molecule has 1 fully saturated rings. The molecule has 0 bridgehead atoms. The van der Waals surface area contributed by atoms with Gasteiger partial charge in [0.1, 0.15) is 0 Å². The third-order valence-corrected chi connectivity index (χ3v) is 2.09. The second kappa shape index (κ2) is 3.01. The predicted octanol–water partition coefficient (Wildman–Crippen LogP) is -0.140. The van der Waals surface area contributed by atoms with Gasteiger partial charge in [-0.15, -0.1) is 0 Å². The molecule has 2 atom stereocenters. The molecular weight excluding hydrogens is 128 g/mol. The first-order chi connectivity index (χ1) is 4.74. The Morgan fingerprint density at radius 3 is 3.00 bits per heavy atom. The zero-order valence-corrected chi connectivity index (χ0v) is 6.26. The number of rotatable bonds is 2. The highest BCUT2D eigenvalue weighted by atomic mass is 16.1. The summed E-state index contributed by atoms with van der Waals surface area (Å²) in [5.74, 6) is 0.520. The van der Waals surface area contributed by atoms with Gasteiger partial charge in [-0.1, -0.05) is 6.92 Å². The Kier molecular flexibility index (Phi) is 2.27. The molecule has 0 aliphatic carbocycles. The predicted molar refractivity (Wildman–Crippen MR) is 39.4 cm³/mol. The first kappa shape index (κ1) is 7.54. The highest BCUT2D eigenvalue weighted by Crippen LogP contribution is 2.13. The summed E-state index contributed by atoms with van der Waals surface area (Å²) >= 11 is 0. The maximum absolute atomic E-state index is 10.7. The molecule has 1 heterocycles. The number of hydrogen-bond acceptors (Lipinski definition) is 2. The van der Waals surface area contributed by atoms with Crippen LogP contribution in [-0.2, 0) is 4.79 Å². The van der Waals surface area contributed by atoms with Crippen molar-refractivity contribution in [2.45, 2.75) is 25.8 Å². The van der Waals surface area contributed by atoms with Crippen LogP contribution in [0.25, 0.3) is 0 Å². The van der Waals surface area contributed by atoms with Crippen LogP contribution in [0.1, 0.15) is 19.8 Å². The molecule has 1 aliphatic heterocycles. The summed E-state index contributed by atoms with van der Waals surface area (Å²) in [7, 11) is 0. The first-order valence-corrected chi connectivity index (χ1v) is 3.76. The number of amides is 1. The Balaban J connectivity index is 2.36. The average molecular weight is 142 g/mol. The van der Waals surface area contributed by atoms with Gasteiger partial charge >= 0.3 is 0 Å². The molecule has 58 valence electrons. The zero-order valence-electron chi connectivity index (χ0n) is 6.26. The minimum atomic E-state index is 0.147. The summed E-state index contributed by atoms with van der Waals surface area (Å²) in [5.41, 5.74) is 5.75. The van der Waals surface area contributed by atoms with E-state index in [9.17, 15) is 4.79 Å². The second-order valence-corrected chi connectivity index (χ2v) is 2.84. The largest absolute Gasteiger partial charge is 0.356 e. The molecule has 1 saturated heterocycles. The van der Waals surface area contributed by atoms with E-state index in [4.69, 9.17) is 5.73 Å². The summed E-state index contributed by atoms with van der Waals surface area (Å²) in [6, 6.07) is 0.193. The van der Waals surface area contributed by atoms with Crippen molar-refractivity contribution < 1.29 is 4.79 Å². The van der Waals surface area contributed by atoms with E-state index in [1.165, 1.54) is 0 Å². The van der Waals surface area contributed by atoms with Gasteiger partial charge in [-0.3, -0.25) is 4.79 Å². The van der Waals surface area contributed by atoms with Crippen molar-refractivity contribution in [3.05, 3.63) is 0 Å². The summed E-state index contributed by atoms with van der Waals surface area (Å²) < 4.78 is 0. The van der Waals surface area contributed by atoms with Gasteiger partial charge in [0.25, 0.3) is 0 Å². The van der Waals surface area contributed by atoms with E-state index in [2.05, 4.69) is 5.32 Å². The smallest absolute Gasteiger partial charge is 0.220 e. The normalized spacial score (nSPS) is 28.2. The van der Waals surface area contributed by atoms with E-state index < -0.39 is 0 Å². The third-order valence-electron chi connectivity index (χ3n) is 2.09. The summed E-state index contributed by atoms with van der Waals surface area (Å²) in [6.07, 6.45) is 1.58. The SMILES string of the molecule is CCC(N)C1CNC(=O)C1. The molecule has 10 heavy (non-hydrogen) atoms. The van der Waals surface area contributed by atoms with Crippen LogP contribution in [0.2, 0.25) is 0 Å². The number of nitrogens with two attached hydrogens (primary N) is 1. The van der Waals surface area contributed by atoms with E-state index in [0.717, 1.165) is 13.0 Å². The lowest BCUT2D eigenvalue weighted by atomic mass is 9.98. The number of nitrogens with one attached hydrogen (secondary N) is 1. The van der Waals surface area contributed by atoms with Gasteiger partial charge in [0.15, 0.2) is 0 Å². The van der Waals surface area contributed by atoms with E-state index in [-0.39, 0.29) is 11.9 Å². The maximum Gasteiger partial charge on any atom is 0.220 e. The summed E-state index contributed by atoms with van der Waals surface area (Å²) in [4.78, 5) is 10.7. The molecule has 0 radical (unpaired) electrons. The van der Waals surface area contributed by atoms with Crippen molar-refractivity contribution in [3.8, 4) is 0 Å². The van der Waals surface area contributed by atoms with Crippen LogP contribution in [0.15, 0.2) is 0 Å². The molecule has 1 rings (SSSR count). The van der Waals surface area contributed by atoms with Gasteiger partial charge in [0.05, 0.1) is 0 Å². The van der Waals surface area contributed by atoms with Gasteiger partial charge in [-0.2, -0.15) is 0 Å². The second-order valence-electron chi connectivity index (χ2n) is 2.84. The maximum atomic E-state index is 10.7. The summed E-state index contributed by atoms with van der Waals surface area (Å²) in [5, 5.41) is 2.77. The number of carbonyl (C=O) groups excluding carboxylic acids is 1. The van der Waals surface area contributed by atoms with Gasteiger partial charge in [-0.05, 0) is 6.42 Å². The van der Waals surface area contributed by atoms with Crippen molar-refractivity contribution in [2.24, 2.45) is 11.7 Å². The molecule has 1 aliphatic rings. The Hall–Kier alpha value is -0.570. The lowest BCUT2D eigenvalue weighted by molar-refractivity contribution is -0.119. The minimum Gasteiger partial charge on any atom is -0.356 e. The number of carbonyl (C=O) groups is 1.